The fourth-order valence-electron chi connectivity index (χ4n) is 2.17. The minimum absolute atomic E-state index is 0.140. The van der Waals surface area contributed by atoms with Crippen molar-refractivity contribution in [2.45, 2.75) is 4.90 Å². The van der Waals surface area contributed by atoms with E-state index in [-0.39, 0.29) is 10.6 Å². The number of fused-ring (bicyclic) bond motifs is 1. The lowest BCUT2D eigenvalue weighted by molar-refractivity contribution is -0.385. The van der Waals surface area contributed by atoms with E-state index >= 15 is 0 Å². The second-order valence-electron chi connectivity index (χ2n) is 4.83. The van der Waals surface area contributed by atoms with Gasteiger partial charge in [-0.05, 0) is 24.3 Å². The fraction of sp³-hybridized carbons (Fsp3) is 0.0714. The van der Waals surface area contributed by atoms with Crippen LogP contribution in [-0.2, 0) is 10.0 Å². The number of aromatic nitrogens is 2. The lowest BCUT2D eigenvalue weighted by atomic mass is 10.3. The minimum atomic E-state index is -3.91. The zero-order chi connectivity index (χ0) is 16.6. The summed E-state index contributed by atoms with van der Waals surface area (Å²) in [4.78, 5) is 17.0. The molecule has 9 heteroatoms. The van der Waals surface area contributed by atoms with E-state index in [4.69, 9.17) is 0 Å². The number of hydrogen-bond acceptors (Lipinski definition) is 5. The van der Waals surface area contributed by atoms with E-state index in [1.165, 1.54) is 31.6 Å². The number of benzene rings is 2. The van der Waals surface area contributed by atoms with Gasteiger partial charge in [-0.15, -0.1) is 0 Å². The molecule has 118 valence electrons. The number of nitrogens with one attached hydrogen (secondary N) is 1. The number of rotatable bonds is 4. The molecule has 23 heavy (non-hydrogen) atoms. The van der Waals surface area contributed by atoms with Crippen molar-refractivity contribution in [2.75, 3.05) is 11.4 Å². The van der Waals surface area contributed by atoms with Crippen LogP contribution in [0.25, 0.3) is 11.0 Å². The summed E-state index contributed by atoms with van der Waals surface area (Å²) in [7, 11) is -2.51. The van der Waals surface area contributed by atoms with Gasteiger partial charge in [0.15, 0.2) is 0 Å². The molecule has 2 aromatic carbocycles. The maximum absolute atomic E-state index is 12.7. The summed E-state index contributed by atoms with van der Waals surface area (Å²) in [6.45, 7) is 0. The highest BCUT2D eigenvalue weighted by Crippen LogP contribution is 2.26. The average Bonchev–Trinajstić information content (AvgIpc) is 3.01. The van der Waals surface area contributed by atoms with E-state index in [1.807, 2.05) is 0 Å². The summed E-state index contributed by atoms with van der Waals surface area (Å²) in [5.74, 6) is 0. The van der Waals surface area contributed by atoms with Crippen molar-refractivity contribution in [1.29, 1.82) is 0 Å². The van der Waals surface area contributed by atoms with Gasteiger partial charge in [0.2, 0.25) is 0 Å². The van der Waals surface area contributed by atoms with E-state index in [0.29, 0.717) is 11.2 Å². The second-order valence-corrected chi connectivity index (χ2v) is 6.80. The summed E-state index contributed by atoms with van der Waals surface area (Å²) >= 11 is 0. The molecule has 0 saturated heterocycles. The number of H-pyrrole nitrogens is 1. The van der Waals surface area contributed by atoms with Crippen LogP contribution in [-0.4, -0.2) is 30.4 Å². The molecular formula is C14H12N4O4S. The van der Waals surface area contributed by atoms with Crippen LogP contribution in [0.4, 0.5) is 11.4 Å². The summed E-state index contributed by atoms with van der Waals surface area (Å²) in [5, 5.41) is 10.8. The Morgan fingerprint density at radius 3 is 2.74 bits per heavy atom. The first kappa shape index (κ1) is 15.0. The third-order valence-electron chi connectivity index (χ3n) is 3.45. The van der Waals surface area contributed by atoms with Gasteiger partial charge in [-0.2, -0.15) is 0 Å². The van der Waals surface area contributed by atoms with Crippen LogP contribution in [0.3, 0.4) is 0 Å². The molecule has 0 spiro atoms. The predicted octanol–water partition coefficient (Wildman–Crippen LogP) is 2.30. The van der Waals surface area contributed by atoms with Gasteiger partial charge in [0.25, 0.3) is 15.7 Å². The first-order valence-corrected chi connectivity index (χ1v) is 8.00. The van der Waals surface area contributed by atoms with Crippen LogP contribution in [0.15, 0.2) is 53.7 Å². The molecule has 3 rings (SSSR count). The molecule has 0 saturated carbocycles. The lowest BCUT2D eigenvalue weighted by Crippen LogP contribution is -2.26. The van der Waals surface area contributed by atoms with Crippen molar-refractivity contribution in [2.24, 2.45) is 0 Å². The summed E-state index contributed by atoms with van der Waals surface area (Å²) in [5.41, 5.74) is 1.57. The molecule has 0 aliphatic heterocycles. The first-order chi connectivity index (χ1) is 10.9. The van der Waals surface area contributed by atoms with Crippen LogP contribution >= 0.6 is 0 Å². The second kappa shape index (κ2) is 5.36. The molecule has 3 aromatic rings. The number of hydrogen-bond donors (Lipinski definition) is 1. The van der Waals surface area contributed by atoms with Crippen molar-refractivity contribution in [1.82, 2.24) is 9.97 Å². The van der Waals surface area contributed by atoms with E-state index < -0.39 is 14.9 Å². The van der Waals surface area contributed by atoms with Gasteiger partial charge in [-0.25, -0.2) is 13.4 Å². The monoisotopic (exact) mass is 332 g/mol. The minimum Gasteiger partial charge on any atom is -0.345 e. The summed E-state index contributed by atoms with van der Waals surface area (Å²) in [6, 6.07) is 9.93. The highest BCUT2D eigenvalue weighted by Gasteiger charge is 2.23. The Bertz CT molecular complexity index is 997. The molecule has 1 heterocycles. The lowest BCUT2D eigenvalue weighted by Gasteiger charge is -2.19. The molecule has 8 nitrogen and oxygen atoms in total. The molecule has 0 radical (unpaired) electrons. The van der Waals surface area contributed by atoms with E-state index in [1.54, 1.807) is 18.2 Å². The van der Waals surface area contributed by atoms with E-state index in [0.717, 1.165) is 15.9 Å². The van der Waals surface area contributed by atoms with Crippen LogP contribution in [0.2, 0.25) is 0 Å². The van der Waals surface area contributed by atoms with Crippen LogP contribution in [0, 0.1) is 10.1 Å². The van der Waals surface area contributed by atoms with Gasteiger partial charge in [0.05, 0.1) is 32.9 Å². The standard InChI is InChI=1S/C14H12N4O4S/c1-17(10-5-6-13-14(8-10)16-9-15-13)23(21,22)12-4-2-3-11(7-12)18(19)20/h2-9H,1H3,(H,15,16). The van der Waals surface area contributed by atoms with Gasteiger partial charge in [-0.3, -0.25) is 14.4 Å². The molecule has 0 atom stereocenters. The van der Waals surface area contributed by atoms with Crippen LogP contribution in [0.5, 0.6) is 0 Å². The van der Waals surface area contributed by atoms with Crippen molar-refractivity contribution < 1.29 is 13.3 Å². The maximum Gasteiger partial charge on any atom is 0.270 e. The Morgan fingerprint density at radius 1 is 1.22 bits per heavy atom. The Morgan fingerprint density at radius 2 is 2.00 bits per heavy atom. The van der Waals surface area contributed by atoms with Gasteiger partial charge < -0.3 is 4.98 Å². The smallest absolute Gasteiger partial charge is 0.270 e. The number of nitro groups is 1. The third kappa shape index (κ3) is 2.61. The number of nitrogens with zero attached hydrogens (tertiary/aromatic N) is 3. The Labute approximate surface area is 131 Å². The molecule has 0 bridgehead atoms. The Kier molecular flexibility index (Phi) is 3.49. The Balaban J connectivity index is 2.04. The number of nitro benzene ring substituents is 1. The van der Waals surface area contributed by atoms with Crippen molar-refractivity contribution in [3.63, 3.8) is 0 Å². The maximum atomic E-state index is 12.7. The van der Waals surface area contributed by atoms with Gasteiger partial charge in [-0.1, -0.05) is 6.07 Å². The van der Waals surface area contributed by atoms with Crippen LogP contribution in [0.1, 0.15) is 0 Å². The highest BCUT2D eigenvalue weighted by atomic mass is 32.2. The highest BCUT2D eigenvalue weighted by molar-refractivity contribution is 7.92. The van der Waals surface area contributed by atoms with E-state index in [2.05, 4.69) is 9.97 Å². The Hall–Kier alpha value is -2.94. The van der Waals surface area contributed by atoms with Crippen LogP contribution < -0.4 is 4.31 Å². The molecular weight excluding hydrogens is 320 g/mol. The van der Waals surface area contributed by atoms with Gasteiger partial charge >= 0.3 is 0 Å². The number of aromatic amines is 1. The summed E-state index contributed by atoms with van der Waals surface area (Å²) in [6.07, 6.45) is 1.52. The normalized spacial score (nSPS) is 11.5. The molecule has 0 fully saturated rings. The largest absolute Gasteiger partial charge is 0.345 e. The van der Waals surface area contributed by atoms with Crippen molar-refractivity contribution in [3.05, 3.63) is 58.9 Å². The van der Waals surface area contributed by atoms with Gasteiger partial charge in [0, 0.05) is 19.2 Å². The molecule has 0 amide bonds. The molecule has 0 unspecified atom stereocenters. The molecule has 0 aliphatic carbocycles. The quantitative estimate of drug-likeness (QED) is 0.582. The zero-order valence-corrected chi connectivity index (χ0v) is 12.8. The third-order valence-corrected chi connectivity index (χ3v) is 5.24. The van der Waals surface area contributed by atoms with E-state index in [9.17, 15) is 18.5 Å². The van der Waals surface area contributed by atoms with Gasteiger partial charge in [0.1, 0.15) is 0 Å². The molecule has 1 aromatic heterocycles. The number of sulfonamides is 1. The summed E-state index contributed by atoms with van der Waals surface area (Å²) < 4.78 is 26.4. The SMILES string of the molecule is CN(c1ccc2nc[nH]c2c1)S(=O)(=O)c1cccc([N+](=O)[O-])c1. The molecule has 0 aliphatic rings. The first-order valence-electron chi connectivity index (χ1n) is 6.56. The number of non-ortho nitro benzene ring substituents is 1. The topological polar surface area (TPSA) is 109 Å². The zero-order valence-electron chi connectivity index (χ0n) is 12.0. The fourth-order valence-corrected chi connectivity index (χ4v) is 3.40. The van der Waals surface area contributed by atoms with Crippen molar-refractivity contribution >= 4 is 32.4 Å². The van der Waals surface area contributed by atoms with Crippen molar-refractivity contribution in [3.8, 4) is 0 Å². The predicted molar refractivity (Wildman–Crippen MR) is 84.8 cm³/mol. The average molecular weight is 332 g/mol. The number of imidazole rings is 1. The molecule has 1 N–H and O–H groups in total. The number of anilines is 1.